The molecule has 1 atom stereocenters. The Bertz CT molecular complexity index is 785. The minimum absolute atomic E-state index is 0.0456. The van der Waals surface area contributed by atoms with E-state index < -0.39 is 17.3 Å². The number of carbonyl (C=O) groups is 2. The largest absolute Gasteiger partial charge is 0.416 e. The van der Waals surface area contributed by atoms with Crippen LogP contribution in [-0.4, -0.2) is 47.9 Å². The maximum absolute atomic E-state index is 12.6. The lowest BCUT2D eigenvalue weighted by Gasteiger charge is -2.27. The molecular formula is C21H27F3N4O2. The SMILES string of the molecule is CC(C)(CC(=O)NCCc1ccc(C(F)(F)F)cc1)NCC(=O)N1CCC[C@H]1C#N. The van der Waals surface area contributed by atoms with Gasteiger partial charge in [0.05, 0.1) is 18.2 Å². The van der Waals surface area contributed by atoms with Crippen LogP contribution < -0.4 is 10.6 Å². The molecule has 0 aromatic heterocycles. The van der Waals surface area contributed by atoms with E-state index in [2.05, 4.69) is 16.7 Å². The van der Waals surface area contributed by atoms with Gasteiger partial charge in [-0.1, -0.05) is 12.1 Å². The molecule has 2 N–H and O–H groups in total. The van der Waals surface area contributed by atoms with Crippen molar-refractivity contribution in [2.24, 2.45) is 0 Å². The molecule has 0 spiro atoms. The average Bonchev–Trinajstić information content (AvgIpc) is 3.14. The van der Waals surface area contributed by atoms with Crippen LogP contribution in [0.3, 0.4) is 0 Å². The zero-order chi connectivity index (χ0) is 22.4. The topological polar surface area (TPSA) is 85.2 Å². The van der Waals surface area contributed by atoms with Gasteiger partial charge in [-0.05, 0) is 50.8 Å². The number of nitrogens with one attached hydrogen (secondary N) is 2. The van der Waals surface area contributed by atoms with Crippen molar-refractivity contribution in [2.45, 2.75) is 57.3 Å². The summed E-state index contributed by atoms with van der Waals surface area (Å²) in [5.41, 5.74) is -0.632. The lowest BCUT2D eigenvalue weighted by atomic mass is 10.00. The third-order valence-corrected chi connectivity index (χ3v) is 5.06. The fourth-order valence-corrected chi connectivity index (χ4v) is 3.35. The lowest BCUT2D eigenvalue weighted by molar-refractivity contribution is -0.137. The highest BCUT2D eigenvalue weighted by Crippen LogP contribution is 2.29. The molecule has 2 rings (SSSR count). The van der Waals surface area contributed by atoms with Crippen molar-refractivity contribution in [3.8, 4) is 6.07 Å². The standard InChI is InChI=1S/C21H27F3N4O2/c1-20(2,27-14-19(30)28-11-3-4-17(28)13-25)12-18(29)26-10-9-15-5-7-16(8-6-15)21(22,23)24/h5-8,17,27H,3-4,9-12,14H2,1-2H3,(H,26,29)/t17-/m0/s1. The maximum atomic E-state index is 12.6. The highest BCUT2D eigenvalue weighted by molar-refractivity contribution is 5.80. The zero-order valence-electron chi connectivity index (χ0n) is 17.2. The molecule has 0 aliphatic carbocycles. The fourth-order valence-electron chi connectivity index (χ4n) is 3.35. The van der Waals surface area contributed by atoms with Crippen molar-refractivity contribution in [2.75, 3.05) is 19.6 Å². The summed E-state index contributed by atoms with van der Waals surface area (Å²) in [5.74, 6) is -0.377. The molecule has 0 radical (unpaired) electrons. The van der Waals surface area contributed by atoms with E-state index in [1.54, 1.807) is 4.90 Å². The number of halogens is 3. The van der Waals surface area contributed by atoms with E-state index in [-0.39, 0.29) is 30.8 Å². The van der Waals surface area contributed by atoms with Crippen LogP contribution in [0.15, 0.2) is 24.3 Å². The van der Waals surface area contributed by atoms with Gasteiger partial charge >= 0.3 is 6.18 Å². The molecule has 1 aliphatic rings. The monoisotopic (exact) mass is 424 g/mol. The Kier molecular flexibility index (Phi) is 7.84. The number of rotatable bonds is 8. The van der Waals surface area contributed by atoms with E-state index in [1.807, 2.05) is 13.8 Å². The summed E-state index contributed by atoms with van der Waals surface area (Å²) in [5, 5.41) is 14.9. The number of carbonyl (C=O) groups excluding carboxylic acids is 2. The van der Waals surface area contributed by atoms with Crippen LogP contribution in [0.1, 0.15) is 44.2 Å². The molecule has 30 heavy (non-hydrogen) atoms. The molecule has 1 saturated heterocycles. The molecule has 1 aromatic rings. The van der Waals surface area contributed by atoms with Crippen molar-refractivity contribution in [3.05, 3.63) is 35.4 Å². The van der Waals surface area contributed by atoms with E-state index >= 15 is 0 Å². The summed E-state index contributed by atoms with van der Waals surface area (Å²) in [7, 11) is 0. The van der Waals surface area contributed by atoms with Crippen LogP contribution in [0.2, 0.25) is 0 Å². The molecule has 164 valence electrons. The van der Waals surface area contributed by atoms with E-state index in [0.29, 0.717) is 31.5 Å². The quantitative estimate of drug-likeness (QED) is 0.672. The minimum Gasteiger partial charge on any atom is -0.356 e. The van der Waals surface area contributed by atoms with Gasteiger partial charge in [-0.3, -0.25) is 9.59 Å². The first kappa shape index (κ1) is 23.7. The Morgan fingerprint density at radius 3 is 2.50 bits per heavy atom. The predicted molar refractivity (Wildman–Crippen MR) is 105 cm³/mol. The van der Waals surface area contributed by atoms with Gasteiger partial charge in [0.2, 0.25) is 11.8 Å². The van der Waals surface area contributed by atoms with E-state index in [4.69, 9.17) is 5.26 Å². The Morgan fingerprint density at radius 1 is 1.23 bits per heavy atom. The number of hydrogen-bond donors (Lipinski definition) is 2. The van der Waals surface area contributed by atoms with Crippen LogP contribution in [-0.2, 0) is 22.2 Å². The van der Waals surface area contributed by atoms with Gasteiger partial charge < -0.3 is 15.5 Å². The van der Waals surface area contributed by atoms with Crippen molar-refractivity contribution < 1.29 is 22.8 Å². The number of nitriles is 1. The Labute approximate surface area is 174 Å². The molecule has 0 unspecified atom stereocenters. The van der Waals surface area contributed by atoms with E-state index in [1.165, 1.54) is 12.1 Å². The predicted octanol–water partition coefficient (Wildman–Crippen LogP) is 2.64. The van der Waals surface area contributed by atoms with Crippen molar-refractivity contribution in [1.29, 1.82) is 5.26 Å². The Morgan fingerprint density at radius 2 is 1.90 bits per heavy atom. The van der Waals surface area contributed by atoms with Gasteiger partial charge in [0.25, 0.3) is 0 Å². The van der Waals surface area contributed by atoms with Crippen LogP contribution in [0.25, 0.3) is 0 Å². The summed E-state index contributed by atoms with van der Waals surface area (Å²) < 4.78 is 37.7. The average molecular weight is 424 g/mol. The Hall–Kier alpha value is -2.60. The van der Waals surface area contributed by atoms with Crippen LogP contribution in [0.5, 0.6) is 0 Å². The summed E-state index contributed by atoms with van der Waals surface area (Å²) in [4.78, 5) is 26.1. The molecule has 6 nitrogen and oxygen atoms in total. The first-order chi connectivity index (χ1) is 14.0. The van der Waals surface area contributed by atoms with E-state index in [0.717, 1.165) is 18.6 Å². The second kappa shape index (κ2) is 9.94. The number of nitrogens with zero attached hydrogens (tertiary/aromatic N) is 2. The molecule has 0 saturated carbocycles. The molecule has 1 aliphatic heterocycles. The number of amides is 2. The highest BCUT2D eigenvalue weighted by atomic mass is 19.4. The summed E-state index contributed by atoms with van der Waals surface area (Å²) >= 11 is 0. The fraction of sp³-hybridized carbons (Fsp3) is 0.571. The first-order valence-electron chi connectivity index (χ1n) is 9.89. The third-order valence-electron chi connectivity index (χ3n) is 5.06. The number of likely N-dealkylation sites (tertiary alicyclic amines) is 1. The summed E-state index contributed by atoms with van der Waals surface area (Å²) in [6.07, 6.45) is -2.31. The van der Waals surface area contributed by atoms with Gasteiger partial charge in [-0.2, -0.15) is 18.4 Å². The summed E-state index contributed by atoms with van der Waals surface area (Å²) in [6, 6.07) is 6.61. The molecule has 1 aromatic carbocycles. The van der Waals surface area contributed by atoms with Gasteiger partial charge in [0, 0.05) is 25.0 Å². The highest BCUT2D eigenvalue weighted by Gasteiger charge is 2.31. The summed E-state index contributed by atoms with van der Waals surface area (Å²) in [6.45, 7) is 4.54. The lowest BCUT2D eigenvalue weighted by Crippen LogP contribution is -2.49. The van der Waals surface area contributed by atoms with Gasteiger partial charge in [-0.15, -0.1) is 0 Å². The molecule has 1 heterocycles. The second-order valence-electron chi connectivity index (χ2n) is 8.08. The molecule has 9 heteroatoms. The zero-order valence-corrected chi connectivity index (χ0v) is 17.2. The molecule has 2 amide bonds. The molecular weight excluding hydrogens is 397 g/mol. The maximum Gasteiger partial charge on any atom is 0.416 e. The number of alkyl halides is 3. The third kappa shape index (κ3) is 7.02. The van der Waals surface area contributed by atoms with Gasteiger partial charge in [-0.25, -0.2) is 0 Å². The van der Waals surface area contributed by atoms with E-state index in [9.17, 15) is 22.8 Å². The minimum atomic E-state index is -4.36. The number of benzene rings is 1. The van der Waals surface area contributed by atoms with Crippen LogP contribution >= 0.6 is 0 Å². The number of hydrogen-bond acceptors (Lipinski definition) is 4. The van der Waals surface area contributed by atoms with Crippen LogP contribution in [0.4, 0.5) is 13.2 Å². The van der Waals surface area contributed by atoms with Crippen molar-refractivity contribution in [3.63, 3.8) is 0 Å². The Balaban J connectivity index is 1.73. The normalized spacial score (nSPS) is 16.9. The molecule has 0 bridgehead atoms. The van der Waals surface area contributed by atoms with Crippen molar-refractivity contribution in [1.82, 2.24) is 15.5 Å². The smallest absolute Gasteiger partial charge is 0.356 e. The van der Waals surface area contributed by atoms with Crippen molar-refractivity contribution >= 4 is 11.8 Å². The molecule has 1 fully saturated rings. The van der Waals surface area contributed by atoms with Gasteiger partial charge in [0.1, 0.15) is 6.04 Å². The van der Waals surface area contributed by atoms with Gasteiger partial charge in [0.15, 0.2) is 0 Å². The first-order valence-corrected chi connectivity index (χ1v) is 9.89. The van der Waals surface area contributed by atoms with Crippen LogP contribution in [0, 0.1) is 11.3 Å². The second-order valence-corrected chi connectivity index (χ2v) is 8.08.